The second-order valence-electron chi connectivity index (χ2n) is 5.06. The minimum absolute atomic E-state index is 0.205. The maximum Gasteiger partial charge on any atom is 0.336 e. The number of nitrogens with one attached hydrogen (secondary N) is 1. The predicted molar refractivity (Wildman–Crippen MR) is 94.1 cm³/mol. The Kier molecular flexibility index (Phi) is 4.30. The second-order valence-corrected chi connectivity index (χ2v) is 5.46. The van der Waals surface area contributed by atoms with Gasteiger partial charge in [-0.05, 0) is 24.3 Å². The number of anilines is 2. The quantitative estimate of drug-likeness (QED) is 0.713. The number of hydrogen-bond acceptors (Lipinski definition) is 4. The molecule has 1 heterocycles. The first-order valence-corrected chi connectivity index (χ1v) is 7.45. The lowest BCUT2D eigenvalue weighted by Gasteiger charge is -2.19. The number of aromatic nitrogens is 2. The molecular weight excluding hydrogens is 331 g/mol. The van der Waals surface area contributed by atoms with E-state index in [1.807, 2.05) is 19.2 Å². The summed E-state index contributed by atoms with van der Waals surface area (Å²) in [6.45, 7) is 0. The third-order valence-electron chi connectivity index (χ3n) is 3.59. The molecule has 2 amide bonds. The van der Waals surface area contributed by atoms with E-state index < -0.39 is 11.8 Å². The molecule has 0 unspecified atom stereocenters. The minimum Gasteiger partial charge on any atom is -0.495 e. The van der Waals surface area contributed by atoms with Crippen molar-refractivity contribution < 1.29 is 13.9 Å². The van der Waals surface area contributed by atoms with Gasteiger partial charge in [-0.25, -0.2) is 13.5 Å². The van der Waals surface area contributed by atoms with E-state index in [1.54, 1.807) is 16.9 Å². The minimum atomic E-state index is -0.543. The number of nitrogens with zero attached hydrogens (tertiary/aromatic N) is 3. The summed E-state index contributed by atoms with van der Waals surface area (Å²) in [4.78, 5) is 12.5. The van der Waals surface area contributed by atoms with Crippen molar-refractivity contribution >= 4 is 41.1 Å². The Morgan fingerprint density at radius 2 is 2.17 bits per heavy atom. The fourth-order valence-corrected chi connectivity index (χ4v) is 2.60. The lowest BCUT2D eigenvalue weighted by Crippen LogP contribution is -2.27. The number of aryl methyl sites for hydroxylation is 1. The van der Waals surface area contributed by atoms with Crippen LogP contribution in [0.25, 0.3) is 10.9 Å². The summed E-state index contributed by atoms with van der Waals surface area (Å²) < 4.78 is 21.3. The van der Waals surface area contributed by atoms with Crippen LogP contribution < -0.4 is 14.4 Å². The van der Waals surface area contributed by atoms with Crippen molar-refractivity contribution in [2.24, 2.45) is 7.05 Å². The van der Waals surface area contributed by atoms with Gasteiger partial charge in [-0.1, -0.05) is 18.9 Å². The number of urea groups is 1. The number of carbonyl (C=O) groups is 1. The summed E-state index contributed by atoms with van der Waals surface area (Å²) in [6.07, 6.45) is 1.66. The van der Waals surface area contributed by atoms with E-state index in [2.05, 4.69) is 23.2 Å². The van der Waals surface area contributed by atoms with Crippen LogP contribution >= 0.6 is 12.8 Å². The highest BCUT2D eigenvalue weighted by atomic mass is 32.1. The van der Waals surface area contributed by atoms with Crippen molar-refractivity contribution in [1.82, 2.24) is 9.78 Å². The SMILES string of the molecule is COc1ccc(F)cc1N(S)C(=O)Nc1cccc2c1cnn2C. The van der Waals surface area contributed by atoms with Gasteiger partial charge < -0.3 is 10.1 Å². The van der Waals surface area contributed by atoms with Crippen molar-refractivity contribution in [2.45, 2.75) is 0 Å². The molecule has 3 rings (SSSR count). The van der Waals surface area contributed by atoms with Gasteiger partial charge in [-0.2, -0.15) is 5.10 Å². The number of ether oxygens (including phenoxy) is 1. The summed E-state index contributed by atoms with van der Waals surface area (Å²) in [5.74, 6) is -0.159. The Labute approximate surface area is 143 Å². The average molecular weight is 346 g/mol. The van der Waals surface area contributed by atoms with Crippen LogP contribution in [-0.2, 0) is 7.05 Å². The zero-order valence-corrected chi connectivity index (χ0v) is 13.9. The largest absolute Gasteiger partial charge is 0.495 e. The number of rotatable bonds is 3. The molecule has 6 nitrogen and oxygen atoms in total. The molecule has 1 aromatic heterocycles. The van der Waals surface area contributed by atoms with Crippen molar-refractivity contribution in [2.75, 3.05) is 16.7 Å². The first kappa shape index (κ1) is 16.1. The van der Waals surface area contributed by atoms with Crippen LogP contribution in [0.5, 0.6) is 5.75 Å². The molecule has 0 aliphatic heterocycles. The van der Waals surface area contributed by atoms with Gasteiger partial charge in [0, 0.05) is 18.5 Å². The highest BCUT2D eigenvalue weighted by molar-refractivity contribution is 7.82. The standard InChI is InChI=1S/C16H15FN4O2S/c1-20-13-5-3-4-12(11(13)9-18-20)19-16(22)21(24)14-8-10(17)6-7-15(14)23-2/h3-9,24H,1-2H3,(H,19,22). The topological polar surface area (TPSA) is 59.4 Å². The highest BCUT2D eigenvalue weighted by Gasteiger charge is 2.18. The number of benzene rings is 2. The zero-order valence-electron chi connectivity index (χ0n) is 13.0. The molecule has 3 aromatic rings. The van der Waals surface area contributed by atoms with E-state index in [0.29, 0.717) is 11.4 Å². The van der Waals surface area contributed by atoms with Crippen LogP contribution in [0.2, 0.25) is 0 Å². The Balaban J connectivity index is 1.90. The number of amides is 2. The number of fused-ring (bicyclic) bond motifs is 1. The molecule has 0 saturated heterocycles. The van der Waals surface area contributed by atoms with Gasteiger partial charge in [0.1, 0.15) is 17.3 Å². The van der Waals surface area contributed by atoms with Crippen LogP contribution in [-0.4, -0.2) is 22.9 Å². The van der Waals surface area contributed by atoms with E-state index in [1.165, 1.54) is 25.3 Å². The molecule has 0 spiro atoms. The first-order chi connectivity index (χ1) is 11.5. The Morgan fingerprint density at radius 3 is 2.92 bits per heavy atom. The maximum atomic E-state index is 13.5. The van der Waals surface area contributed by atoms with Gasteiger partial charge in [0.15, 0.2) is 0 Å². The van der Waals surface area contributed by atoms with E-state index in [9.17, 15) is 9.18 Å². The maximum absolute atomic E-state index is 13.5. The van der Waals surface area contributed by atoms with Crippen molar-refractivity contribution in [3.8, 4) is 5.75 Å². The van der Waals surface area contributed by atoms with E-state index in [4.69, 9.17) is 4.74 Å². The van der Waals surface area contributed by atoms with Gasteiger partial charge in [0.2, 0.25) is 0 Å². The molecule has 0 fully saturated rings. The normalized spacial score (nSPS) is 10.7. The van der Waals surface area contributed by atoms with Gasteiger partial charge in [0.05, 0.1) is 24.5 Å². The smallest absolute Gasteiger partial charge is 0.336 e. The summed E-state index contributed by atoms with van der Waals surface area (Å²) in [5, 5.41) is 7.71. The number of hydrogen-bond donors (Lipinski definition) is 2. The van der Waals surface area contributed by atoms with Crippen LogP contribution in [0.3, 0.4) is 0 Å². The first-order valence-electron chi connectivity index (χ1n) is 7.05. The van der Waals surface area contributed by atoms with Gasteiger partial charge in [0.25, 0.3) is 0 Å². The van der Waals surface area contributed by atoms with E-state index in [-0.39, 0.29) is 5.69 Å². The molecule has 124 valence electrons. The molecule has 0 radical (unpaired) electrons. The predicted octanol–water partition coefficient (Wildman–Crippen LogP) is 3.60. The van der Waals surface area contributed by atoms with Crippen LogP contribution in [0.1, 0.15) is 0 Å². The average Bonchev–Trinajstić information content (AvgIpc) is 2.96. The van der Waals surface area contributed by atoms with Crippen LogP contribution in [0.15, 0.2) is 42.6 Å². The molecule has 1 N–H and O–H groups in total. The molecule has 2 aromatic carbocycles. The summed E-state index contributed by atoms with van der Waals surface area (Å²) >= 11 is 4.17. The van der Waals surface area contributed by atoms with Crippen molar-refractivity contribution in [1.29, 1.82) is 0 Å². The zero-order chi connectivity index (χ0) is 17.3. The summed E-state index contributed by atoms with van der Waals surface area (Å²) in [6, 6.07) is 8.78. The summed E-state index contributed by atoms with van der Waals surface area (Å²) in [5.41, 5.74) is 1.67. The summed E-state index contributed by atoms with van der Waals surface area (Å²) in [7, 11) is 3.25. The van der Waals surface area contributed by atoms with Gasteiger partial charge >= 0.3 is 6.03 Å². The molecule has 0 bridgehead atoms. The fourth-order valence-electron chi connectivity index (χ4n) is 2.39. The lowest BCUT2D eigenvalue weighted by atomic mass is 10.2. The van der Waals surface area contributed by atoms with Gasteiger partial charge in [-0.15, -0.1) is 0 Å². The van der Waals surface area contributed by atoms with E-state index in [0.717, 1.165) is 15.2 Å². The highest BCUT2D eigenvalue weighted by Crippen LogP contribution is 2.31. The molecule has 24 heavy (non-hydrogen) atoms. The third kappa shape index (κ3) is 2.88. The number of halogens is 1. The Bertz CT molecular complexity index is 912. The molecule has 8 heteroatoms. The third-order valence-corrected chi connectivity index (χ3v) is 3.99. The van der Waals surface area contributed by atoms with E-state index >= 15 is 0 Å². The Hall–Kier alpha value is -2.74. The second kappa shape index (κ2) is 6.40. The molecule has 0 aliphatic carbocycles. The fraction of sp³-hybridized carbons (Fsp3) is 0.125. The van der Waals surface area contributed by atoms with Crippen LogP contribution in [0.4, 0.5) is 20.6 Å². The van der Waals surface area contributed by atoms with Crippen molar-refractivity contribution in [3.05, 3.63) is 48.4 Å². The van der Waals surface area contributed by atoms with Crippen LogP contribution in [0, 0.1) is 5.82 Å². The van der Waals surface area contributed by atoms with Gasteiger partial charge in [-0.3, -0.25) is 4.68 Å². The lowest BCUT2D eigenvalue weighted by molar-refractivity contribution is 0.260. The monoisotopic (exact) mass is 346 g/mol. The molecule has 0 atom stereocenters. The number of carbonyl (C=O) groups excluding carboxylic acids is 1. The van der Waals surface area contributed by atoms with Crippen molar-refractivity contribution in [3.63, 3.8) is 0 Å². The molecule has 0 aliphatic rings. The molecule has 0 saturated carbocycles. The molecular formula is C16H15FN4O2S. The number of methoxy groups -OCH3 is 1. The Morgan fingerprint density at radius 1 is 1.38 bits per heavy atom. The number of thiol groups is 1.